The number of aromatic nitrogens is 2. The van der Waals surface area contributed by atoms with Gasteiger partial charge in [-0.3, -0.25) is 14.2 Å². The van der Waals surface area contributed by atoms with E-state index in [0.717, 1.165) is 22.5 Å². The molecular formula is C24H26ClN3O2S. The van der Waals surface area contributed by atoms with E-state index < -0.39 is 0 Å². The van der Waals surface area contributed by atoms with Gasteiger partial charge in [0, 0.05) is 29.7 Å². The third-order valence-corrected chi connectivity index (χ3v) is 6.42. The lowest BCUT2D eigenvalue weighted by molar-refractivity contribution is -0.113. The van der Waals surface area contributed by atoms with Gasteiger partial charge in [0.05, 0.1) is 11.4 Å². The number of hydrogen-bond acceptors (Lipinski definition) is 4. The Morgan fingerprint density at radius 2 is 1.94 bits per heavy atom. The van der Waals surface area contributed by atoms with Gasteiger partial charge in [0.25, 0.3) is 5.56 Å². The Morgan fingerprint density at radius 1 is 1.16 bits per heavy atom. The van der Waals surface area contributed by atoms with Gasteiger partial charge in [-0.1, -0.05) is 48.5 Å². The number of nitrogens with zero attached hydrogens (tertiary/aromatic N) is 2. The zero-order chi connectivity index (χ0) is 22.5. The monoisotopic (exact) mass is 455 g/mol. The normalized spacial score (nSPS) is 10.9. The van der Waals surface area contributed by atoms with Gasteiger partial charge < -0.3 is 5.32 Å². The molecule has 2 aromatic carbocycles. The van der Waals surface area contributed by atoms with Crippen molar-refractivity contribution < 1.29 is 4.79 Å². The SMILES string of the molecule is CCc1nc(SCC(=O)Nc2ccc(C)c(C)c2)n(C)c(=O)c1Cc1cccc(Cl)c1. The molecule has 0 aliphatic carbocycles. The minimum absolute atomic E-state index is 0.0936. The number of carbonyl (C=O) groups is 1. The molecule has 1 heterocycles. The molecule has 3 aromatic rings. The summed E-state index contributed by atoms with van der Waals surface area (Å²) in [6.45, 7) is 6.02. The molecule has 0 aliphatic rings. The Kier molecular flexibility index (Phi) is 7.57. The number of halogens is 1. The largest absolute Gasteiger partial charge is 0.325 e. The number of aryl methyl sites for hydroxylation is 3. The molecule has 3 rings (SSSR count). The molecule has 1 amide bonds. The van der Waals surface area contributed by atoms with Crippen LogP contribution in [0.25, 0.3) is 0 Å². The van der Waals surface area contributed by atoms with Crippen LogP contribution in [0, 0.1) is 13.8 Å². The molecule has 7 heteroatoms. The molecule has 5 nitrogen and oxygen atoms in total. The number of rotatable bonds is 7. The quantitative estimate of drug-likeness (QED) is 0.405. The smallest absolute Gasteiger partial charge is 0.257 e. The lowest BCUT2D eigenvalue weighted by Crippen LogP contribution is -2.27. The number of amides is 1. The van der Waals surface area contributed by atoms with Gasteiger partial charge in [0.2, 0.25) is 5.91 Å². The van der Waals surface area contributed by atoms with Crippen molar-refractivity contribution in [3.63, 3.8) is 0 Å². The van der Waals surface area contributed by atoms with Gasteiger partial charge in [-0.2, -0.15) is 0 Å². The topological polar surface area (TPSA) is 64.0 Å². The average molecular weight is 456 g/mol. The summed E-state index contributed by atoms with van der Waals surface area (Å²) in [6, 6.07) is 13.3. The van der Waals surface area contributed by atoms with E-state index >= 15 is 0 Å². The Balaban J connectivity index is 1.75. The van der Waals surface area contributed by atoms with Crippen molar-refractivity contribution in [3.8, 4) is 0 Å². The fourth-order valence-corrected chi connectivity index (χ4v) is 4.26. The highest BCUT2D eigenvalue weighted by Gasteiger charge is 2.16. The van der Waals surface area contributed by atoms with E-state index in [-0.39, 0.29) is 17.2 Å². The fraction of sp³-hybridized carbons (Fsp3) is 0.292. The van der Waals surface area contributed by atoms with E-state index in [4.69, 9.17) is 11.6 Å². The standard InChI is InChI=1S/C24H26ClN3O2S/c1-5-21-20(13-17-7-6-8-18(25)12-17)23(30)28(4)24(27-21)31-14-22(29)26-19-10-9-15(2)16(3)11-19/h6-12H,5,13-14H2,1-4H3,(H,26,29). The summed E-state index contributed by atoms with van der Waals surface area (Å²) in [4.78, 5) is 30.1. The van der Waals surface area contributed by atoms with Crippen molar-refractivity contribution >= 4 is 35.0 Å². The molecule has 31 heavy (non-hydrogen) atoms. The summed E-state index contributed by atoms with van der Waals surface area (Å²) in [5.74, 6) is 0.0350. The van der Waals surface area contributed by atoms with Crippen LogP contribution in [0.2, 0.25) is 5.02 Å². The van der Waals surface area contributed by atoms with Crippen LogP contribution >= 0.6 is 23.4 Å². The maximum absolute atomic E-state index is 13.0. The molecule has 0 bridgehead atoms. The number of anilines is 1. The number of thioether (sulfide) groups is 1. The van der Waals surface area contributed by atoms with Gasteiger partial charge in [-0.25, -0.2) is 4.98 Å². The van der Waals surface area contributed by atoms with Crippen LogP contribution in [0.4, 0.5) is 5.69 Å². The van der Waals surface area contributed by atoms with Gasteiger partial charge in [0.15, 0.2) is 5.16 Å². The van der Waals surface area contributed by atoms with Crippen molar-refractivity contribution in [2.75, 3.05) is 11.1 Å². The molecule has 0 spiro atoms. The van der Waals surface area contributed by atoms with Crippen LogP contribution in [0.1, 0.15) is 34.9 Å². The first kappa shape index (κ1) is 23.1. The van der Waals surface area contributed by atoms with Crippen LogP contribution in [-0.4, -0.2) is 21.2 Å². The van der Waals surface area contributed by atoms with E-state index in [1.54, 1.807) is 7.05 Å². The fourth-order valence-electron chi connectivity index (χ4n) is 3.27. The number of hydrogen-bond donors (Lipinski definition) is 1. The molecule has 0 aliphatic heterocycles. The van der Waals surface area contributed by atoms with E-state index in [1.165, 1.54) is 21.9 Å². The van der Waals surface area contributed by atoms with Crippen LogP contribution in [0.15, 0.2) is 52.4 Å². The van der Waals surface area contributed by atoms with Crippen molar-refractivity contribution in [1.29, 1.82) is 0 Å². The molecule has 162 valence electrons. The second-order valence-electron chi connectivity index (χ2n) is 7.48. The van der Waals surface area contributed by atoms with Crippen molar-refractivity contribution in [2.24, 2.45) is 7.05 Å². The van der Waals surface area contributed by atoms with E-state index in [0.29, 0.717) is 28.6 Å². The molecule has 0 radical (unpaired) electrons. The van der Waals surface area contributed by atoms with Gasteiger partial charge in [0.1, 0.15) is 0 Å². The summed E-state index contributed by atoms with van der Waals surface area (Å²) < 4.78 is 1.52. The Bertz CT molecular complexity index is 1170. The lowest BCUT2D eigenvalue weighted by Gasteiger charge is -2.14. The summed E-state index contributed by atoms with van der Waals surface area (Å²) >= 11 is 7.35. The van der Waals surface area contributed by atoms with E-state index in [2.05, 4.69) is 10.3 Å². The maximum atomic E-state index is 13.0. The minimum atomic E-state index is -0.136. The first-order chi connectivity index (χ1) is 14.8. The number of nitrogens with one attached hydrogen (secondary N) is 1. The first-order valence-corrected chi connectivity index (χ1v) is 11.5. The zero-order valence-corrected chi connectivity index (χ0v) is 19.7. The van der Waals surface area contributed by atoms with Crippen molar-refractivity contribution in [2.45, 2.75) is 38.8 Å². The van der Waals surface area contributed by atoms with Gasteiger partial charge in [-0.15, -0.1) is 0 Å². The third-order valence-electron chi connectivity index (χ3n) is 5.16. The zero-order valence-electron chi connectivity index (χ0n) is 18.2. The molecule has 0 saturated carbocycles. The van der Waals surface area contributed by atoms with Gasteiger partial charge >= 0.3 is 0 Å². The third kappa shape index (κ3) is 5.77. The molecule has 1 aromatic heterocycles. The van der Waals surface area contributed by atoms with Crippen LogP contribution in [0.3, 0.4) is 0 Å². The Labute approximate surface area is 191 Å². The summed E-state index contributed by atoms with van der Waals surface area (Å²) in [6.07, 6.45) is 1.11. The predicted octanol–water partition coefficient (Wildman–Crippen LogP) is 4.93. The molecule has 0 unspecified atom stereocenters. The number of carbonyl (C=O) groups excluding carboxylic acids is 1. The van der Waals surface area contributed by atoms with E-state index in [9.17, 15) is 9.59 Å². The molecule has 0 atom stereocenters. The van der Waals surface area contributed by atoms with Crippen LogP contribution < -0.4 is 10.9 Å². The first-order valence-electron chi connectivity index (χ1n) is 10.1. The highest BCUT2D eigenvalue weighted by atomic mass is 35.5. The summed E-state index contributed by atoms with van der Waals surface area (Å²) in [5, 5.41) is 4.08. The van der Waals surface area contributed by atoms with Crippen molar-refractivity contribution in [1.82, 2.24) is 9.55 Å². The molecule has 0 saturated heterocycles. The summed E-state index contributed by atoms with van der Waals surface area (Å²) in [7, 11) is 1.69. The lowest BCUT2D eigenvalue weighted by atomic mass is 10.0. The van der Waals surface area contributed by atoms with Crippen LogP contribution in [-0.2, 0) is 24.7 Å². The highest BCUT2D eigenvalue weighted by molar-refractivity contribution is 7.99. The number of benzene rings is 2. The summed E-state index contributed by atoms with van der Waals surface area (Å²) in [5.41, 5.74) is 5.35. The van der Waals surface area contributed by atoms with Crippen molar-refractivity contribution in [3.05, 3.63) is 85.8 Å². The second-order valence-corrected chi connectivity index (χ2v) is 8.86. The predicted molar refractivity (Wildman–Crippen MR) is 128 cm³/mol. The highest BCUT2D eigenvalue weighted by Crippen LogP contribution is 2.20. The Hall–Kier alpha value is -2.57. The van der Waals surface area contributed by atoms with Crippen LogP contribution in [0.5, 0.6) is 0 Å². The van der Waals surface area contributed by atoms with Gasteiger partial charge in [-0.05, 0) is 61.2 Å². The van der Waals surface area contributed by atoms with E-state index in [1.807, 2.05) is 63.2 Å². The Morgan fingerprint density at radius 3 is 2.61 bits per heavy atom. The molecular weight excluding hydrogens is 430 g/mol. The molecule has 1 N–H and O–H groups in total. The minimum Gasteiger partial charge on any atom is -0.325 e. The second kappa shape index (κ2) is 10.2. The molecule has 0 fully saturated rings. The maximum Gasteiger partial charge on any atom is 0.257 e. The average Bonchev–Trinajstić information content (AvgIpc) is 2.73.